The van der Waals surface area contributed by atoms with Gasteiger partial charge in [-0.3, -0.25) is 4.79 Å². The van der Waals surface area contributed by atoms with Crippen molar-refractivity contribution in [1.29, 1.82) is 0 Å². The Morgan fingerprint density at radius 1 is 1.26 bits per heavy atom. The van der Waals surface area contributed by atoms with Crippen LogP contribution in [0.15, 0.2) is 52.1 Å². The molecule has 3 rings (SSSR count). The molecular weight excluding hydrogens is 382 g/mol. The van der Waals surface area contributed by atoms with Gasteiger partial charge in [-0.15, -0.1) is 11.8 Å². The molecule has 0 saturated carbocycles. The van der Waals surface area contributed by atoms with E-state index in [-0.39, 0.29) is 11.9 Å². The van der Waals surface area contributed by atoms with Crippen molar-refractivity contribution in [2.75, 3.05) is 0 Å². The summed E-state index contributed by atoms with van der Waals surface area (Å²) in [5.74, 6) is 1.27. The number of hydrogen-bond donors (Lipinski definition) is 1. The van der Waals surface area contributed by atoms with Crippen molar-refractivity contribution >= 4 is 29.3 Å². The van der Waals surface area contributed by atoms with Crippen LogP contribution in [0, 0.1) is 13.8 Å². The van der Waals surface area contributed by atoms with E-state index in [4.69, 9.17) is 16.1 Å². The summed E-state index contributed by atoms with van der Waals surface area (Å²) in [6.07, 6.45) is 1.69. The first-order valence-electron chi connectivity index (χ1n) is 8.51. The third-order valence-electron chi connectivity index (χ3n) is 4.27. The average molecular weight is 402 g/mol. The Hall–Kier alpha value is -2.31. The van der Waals surface area contributed by atoms with E-state index in [1.165, 1.54) is 11.8 Å². The molecule has 5 nitrogen and oxygen atoms in total. The summed E-state index contributed by atoms with van der Waals surface area (Å²) in [5.41, 5.74) is 3.43. The van der Waals surface area contributed by atoms with E-state index < -0.39 is 0 Å². The number of pyridine rings is 1. The summed E-state index contributed by atoms with van der Waals surface area (Å²) in [6, 6.07) is 10.8. The van der Waals surface area contributed by atoms with E-state index in [0.717, 1.165) is 22.6 Å². The molecule has 0 spiro atoms. The first kappa shape index (κ1) is 19.5. The average Bonchev–Trinajstić information content (AvgIpc) is 2.98. The molecule has 0 aliphatic heterocycles. The zero-order valence-electron chi connectivity index (χ0n) is 15.3. The lowest BCUT2D eigenvalue weighted by Crippen LogP contribution is -2.27. The minimum atomic E-state index is -0.160. The fraction of sp³-hybridized carbons (Fsp3) is 0.250. The Bertz CT molecular complexity index is 921. The molecule has 3 aromatic rings. The van der Waals surface area contributed by atoms with Crippen LogP contribution in [0.1, 0.15) is 45.9 Å². The molecule has 0 bridgehead atoms. The number of carbonyl (C=O) groups is 1. The van der Waals surface area contributed by atoms with Crippen molar-refractivity contribution < 1.29 is 9.32 Å². The molecule has 0 fully saturated rings. The summed E-state index contributed by atoms with van der Waals surface area (Å²) in [6.45, 7) is 5.73. The van der Waals surface area contributed by atoms with E-state index in [9.17, 15) is 4.79 Å². The van der Waals surface area contributed by atoms with Crippen molar-refractivity contribution in [3.63, 3.8) is 0 Å². The van der Waals surface area contributed by atoms with Crippen molar-refractivity contribution in [3.05, 3.63) is 75.8 Å². The minimum Gasteiger partial charge on any atom is -0.361 e. The molecule has 1 aromatic carbocycles. The molecule has 0 aliphatic carbocycles. The van der Waals surface area contributed by atoms with Crippen LogP contribution in [0.5, 0.6) is 0 Å². The second-order valence-electron chi connectivity index (χ2n) is 6.19. The fourth-order valence-corrected chi connectivity index (χ4v) is 3.91. The molecular formula is C20H20ClN3O2S. The van der Waals surface area contributed by atoms with Gasteiger partial charge >= 0.3 is 0 Å². The zero-order chi connectivity index (χ0) is 19.4. The second kappa shape index (κ2) is 8.59. The Labute approximate surface area is 167 Å². The van der Waals surface area contributed by atoms with Gasteiger partial charge in [0.25, 0.3) is 5.91 Å². The lowest BCUT2D eigenvalue weighted by Gasteiger charge is -2.15. The fourth-order valence-electron chi connectivity index (χ4n) is 2.64. The van der Waals surface area contributed by atoms with Crippen LogP contribution in [-0.2, 0) is 5.75 Å². The van der Waals surface area contributed by atoms with E-state index in [1.54, 1.807) is 18.3 Å². The molecule has 2 aromatic heterocycles. The van der Waals surface area contributed by atoms with Gasteiger partial charge in [0.05, 0.1) is 17.3 Å². The summed E-state index contributed by atoms with van der Waals surface area (Å²) in [5, 5.41) is 8.34. The quantitative estimate of drug-likeness (QED) is 0.580. The molecule has 1 N–H and O–H groups in total. The van der Waals surface area contributed by atoms with Crippen LogP contribution in [0.25, 0.3) is 0 Å². The molecule has 0 unspecified atom stereocenters. The van der Waals surface area contributed by atoms with Crippen molar-refractivity contribution in [2.24, 2.45) is 0 Å². The molecule has 1 amide bonds. The third kappa shape index (κ3) is 4.70. The Morgan fingerprint density at radius 2 is 2.00 bits per heavy atom. The van der Waals surface area contributed by atoms with Gasteiger partial charge in [0.1, 0.15) is 10.8 Å². The number of amides is 1. The van der Waals surface area contributed by atoms with Crippen LogP contribution in [0.3, 0.4) is 0 Å². The number of rotatable bonds is 6. The predicted octanol–water partition coefficient (Wildman–Crippen LogP) is 5.12. The van der Waals surface area contributed by atoms with Crippen molar-refractivity contribution in [2.45, 2.75) is 37.6 Å². The molecule has 0 aliphatic rings. The topological polar surface area (TPSA) is 68.0 Å². The van der Waals surface area contributed by atoms with Gasteiger partial charge in [0.2, 0.25) is 0 Å². The number of thioether (sulfide) groups is 1. The number of benzene rings is 1. The van der Waals surface area contributed by atoms with Gasteiger partial charge in [0.15, 0.2) is 0 Å². The van der Waals surface area contributed by atoms with Gasteiger partial charge in [-0.1, -0.05) is 28.9 Å². The van der Waals surface area contributed by atoms with E-state index in [0.29, 0.717) is 21.4 Å². The maximum atomic E-state index is 12.8. The van der Waals surface area contributed by atoms with Crippen LogP contribution in [-0.4, -0.2) is 16.0 Å². The summed E-state index contributed by atoms with van der Waals surface area (Å²) in [7, 11) is 0. The third-order valence-corrected chi connectivity index (χ3v) is 5.55. The van der Waals surface area contributed by atoms with Gasteiger partial charge in [-0.05, 0) is 50.6 Å². The highest BCUT2D eigenvalue weighted by Gasteiger charge is 2.17. The maximum Gasteiger partial charge on any atom is 0.254 e. The minimum absolute atomic E-state index is 0.143. The molecule has 0 saturated heterocycles. The number of aromatic nitrogens is 2. The van der Waals surface area contributed by atoms with Crippen LogP contribution in [0.2, 0.25) is 5.02 Å². The number of halogens is 1. The SMILES string of the molecule is Cc1noc(C)c1CSc1ncccc1C(=O)N[C@H](C)c1ccc(Cl)cc1. The highest BCUT2D eigenvalue weighted by molar-refractivity contribution is 7.98. The summed E-state index contributed by atoms with van der Waals surface area (Å²) < 4.78 is 5.20. The van der Waals surface area contributed by atoms with Gasteiger partial charge in [-0.2, -0.15) is 0 Å². The van der Waals surface area contributed by atoms with Gasteiger partial charge in [-0.25, -0.2) is 4.98 Å². The van der Waals surface area contributed by atoms with Crippen LogP contribution >= 0.6 is 23.4 Å². The Balaban J connectivity index is 1.72. The van der Waals surface area contributed by atoms with Gasteiger partial charge in [0, 0.05) is 22.5 Å². The second-order valence-corrected chi connectivity index (χ2v) is 7.59. The van der Waals surface area contributed by atoms with Crippen molar-refractivity contribution in [3.8, 4) is 0 Å². The summed E-state index contributed by atoms with van der Waals surface area (Å²) >= 11 is 7.43. The number of carbonyl (C=O) groups excluding carboxylic acids is 1. The molecule has 140 valence electrons. The number of nitrogens with zero attached hydrogens (tertiary/aromatic N) is 2. The van der Waals surface area contributed by atoms with Crippen molar-refractivity contribution in [1.82, 2.24) is 15.5 Å². The molecule has 1 atom stereocenters. The maximum absolute atomic E-state index is 12.8. The highest BCUT2D eigenvalue weighted by atomic mass is 35.5. The molecule has 0 radical (unpaired) electrons. The predicted molar refractivity (Wildman–Crippen MR) is 107 cm³/mol. The first-order valence-corrected chi connectivity index (χ1v) is 9.88. The molecule has 2 heterocycles. The highest BCUT2D eigenvalue weighted by Crippen LogP contribution is 2.27. The smallest absolute Gasteiger partial charge is 0.254 e. The Kier molecular flexibility index (Phi) is 6.19. The normalized spacial score (nSPS) is 12.0. The molecule has 27 heavy (non-hydrogen) atoms. The summed E-state index contributed by atoms with van der Waals surface area (Å²) in [4.78, 5) is 17.2. The van der Waals surface area contributed by atoms with E-state index in [2.05, 4.69) is 15.5 Å². The molecule has 7 heteroatoms. The number of nitrogens with one attached hydrogen (secondary N) is 1. The Morgan fingerprint density at radius 3 is 2.67 bits per heavy atom. The van der Waals surface area contributed by atoms with Gasteiger partial charge < -0.3 is 9.84 Å². The van der Waals surface area contributed by atoms with Crippen LogP contribution < -0.4 is 5.32 Å². The zero-order valence-corrected chi connectivity index (χ0v) is 16.9. The van der Waals surface area contributed by atoms with E-state index in [1.807, 2.05) is 45.0 Å². The number of aryl methyl sites for hydroxylation is 2. The standard InChI is InChI=1S/C20H20ClN3O2S/c1-12(15-6-8-16(21)9-7-15)23-19(25)17-5-4-10-22-20(17)27-11-18-13(2)24-26-14(18)3/h4-10,12H,11H2,1-3H3,(H,23,25)/t12-/m1/s1. The largest absolute Gasteiger partial charge is 0.361 e. The lowest BCUT2D eigenvalue weighted by atomic mass is 10.1. The lowest BCUT2D eigenvalue weighted by molar-refractivity contribution is 0.0936. The number of hydrogen-bond acceptors (Lipinski definition) is 5. The van der Waals surface area contributed by atoms with E-state index >= 15 is 0 Å². The first-order chi connectivity index (χ1) is 13.0. The monoisotopic (exact) mass is 401 g/mol. The van der Waals surface area contributed by atoms with Crippen LogP contribution in [0.4, 0.5) is 0 Å².